The van der Waals surface area contributed by atoms with Gasteiger partial charge in [0, 0.05) is 25.3 Å². The molecule has 4 rings (SSSR count). The van der Waals surface area contributed by atoms with Crippen LogP contribution in [0.15, 0.2) is 36.7 Å². The fourth-order valence-corrected chi connectivity index (χ4v) is 3.61. The molecule has 0 radical (unpaired) electrons. The molecule has 2 aromatic rings. The van der Waals surface area contributed by atoms with Gasteiger partial charge in [0.2, 0.25) is 5.91 Å². The van der Waals surface area contributed by atoms with Gasteiger partial charge >= 0.3 is 0 Å². The molecule has 2 amide bonds. The molecule has 0 bridgehead atoms. The lowest BCUT2D eigenvalue weighted by molar-refractivity contribution is -0.140. The minimum Gasteiger partial charge on any atom is -0.378 e. The monoisotopic (exact) mass is 354 g/mol. The first-order valence-electron chi connectivity index (χ1n) is 8.99. The number of amides is 2. The van der Waals surface area contributed by atoms with E-state index >= 15 is 0 Å². The van der Waals surface area contributed by atoms with Crippen molar-refractivity contribution in [3.8, 4) is 0 Å². The normalized spacial score (nSPS) is 19.7. The predicted octanol–water partition coefficient (Wildman–Crippen LogP) is 1.56. The van der Waals surface area contributed by atoms with Crippen LogP contribution >= 0.6 is 0 Å². The van der Waals surface area contributed by atoms with Gasteiger partial charge in [-0.05, 0) is 25.0 Å². The number of hydrogen-bond donors (Lipinski definition) is 1. The Morgan fingerprint density at radius 1 is 1.15 bits per heavy atom. The number of ether oxygens (including phenoxy) is 1. The number of fused-ring (bicyclic) bond motifs is 1. The molecule has 1 aromatic carbocycles. The van der Waals surface area contributed by atoms with E-state index in [-0.39, 0.29) is 17.7 Å². The Balaban J connectivity index is 1.45. The van der Waals surface area contributed by atoms with Crippen LogP contribution in [0, 0.1) is 5.92 Å². The molecule has 0 spiro atoms. The summed E-state index contributed by atoms with van der Waals surface area (Å²) in [5, 5.41) is 2.88. The molecular weight excluding hydrogens is 332 g/mol. The maximum absolute atomic E-state index is 12.7. The van der Waals surface area contributed by atoms with E-state index in [9.17, 15) is 9.59 Å². The number of aromatic nitrogens is 2. The Hall–Kier alpha value is -2.67. The van der Waals surface area contributed by atoms with E-state index in [0.717, 1.165) is 17.8 Å². The molecule has 0 aliphatic carbocycles. The largest absolute Gasteiger partial charge is 0.378 e. The molecule has 1 unspecified atom stereocenters. The molecule has 2 aliphatic rings. The van der Waals surface area contributed by atoms with Gasteiger partial charge in [0.15, 0.2) is 0 Å². The smallest absolute Gasteiger partial charge is 0.276 e. The van der Waals surface area contributed by atoms with Crippen molar-refractivity contribution in [2.45, 2.75) is 19.4 Å². The highest BCUT2D eigenvalue weighted by Gasteiger charge is 2.31. The minimum atomic E-state index is -0.206. The number of benzene rings is 1. The summed E-state index contributed by atoms with van der Waals surface area (Å²) in [7, 11) is 0. The van der Waals surface area contributed by atoms with Gasteiger partial charge < -0.3 is 19.5 Å². The molecule has 1 saturated heterocycles. The van der Waals surface area contributed by atoms with Crippen molar-refractivity contribution < 1.29 is 14.3 Å². The third-order valence-corrected chi connectivity index (χ3v) is 5.01. The third-order valence-electron chi connectivity index (χ3n) is 5.01. The van der Waals surface area contributed by atoms with E-state index in [4.69, 9.17) is 4.74 Å². The number of nitrogens with zero attached hydrogens (tertiary/aromatic N) is 3. The summed E-state index contributed by atoms with van der Waals surface area (Å²) in [6, 6.07) is 9.34. The Bertz CT molecular complexity index is 796. The molecule has 2 aliphatic heterocycles. The van der Waals surface area contributed by atoms with Crippen LogP contribution < -0.4 is 5.32 Å². The summed E-state index contributed by atoms with van der Waals surface area (Å²) in [6.07, 6.45) is 3.10. The Kier molecular flexibility index (Phi) is 4.71. The van der Waals surface area contributed by atoms with Gasteiger partial charge in [-0.1, -0.05) is 18.2 Å². The molecule has 1 aromatic heterocycles. The van der Waals surface area contributed by atoms with Gasteiger partial charge in [-0.25, -0.2) is 4.98 Å². The molecular formula is C19H22N4O3. The first-order chi connectivity index (χ1) is 12.7. The number of morpholine rings is 1. The van der Waals surface area contributed by atoms with Crippen molar-refractivity contribution in [3.63, 3.8) is 0 Å². The molecule has 7 heteroatoms. The lowest BCUT2D eigenvalue weighted by Gasteiger charge is -2.32. The Morgan fingerprint density at radius 3 is 2.69 bits per heavy atom. The van der Waals surface area contributed by atoms with Crippen LogP contribution in [0.25, 0.3) is 0 Å². The summed E-state index contributed by atoms with van der Waals surface area (Å²) < 4.78 is 7.27. The van der Waals surface area contributed by atoms with Crippen LogP contribution in [-0.2, 0) is 22.5 Å². The highest BCUT2D eigenvalue weighted by atomic mass is 16.5. The summed E-state index contributed by atoms with van der Waals surface area (Å²) in [5.74, 6) is -0.0781. The highest BCUT2D eigenvalue weighted by molar-refractivity contribution is 6.03. The Morgan fingerprint density at radius 2 is 1.92 bits per heavy atom. The second kappa shape index (κ2) is 7.29. The van der Waals surface area contributed by atoms with E-state index in [0.29, 0.717) is 45.0 Å². The summed E-state index contributed by atoms with van der Waals surface area (Å²) in [6.45, 7) is 3.13. The van der Waals surface area contributed by atoms with E-state index in [2.05, 4.69) is 10.3 Å². The zero-order valence-corrected chi connectivity index (χ0v) is 14.6. The van der Waals surface area contributed by atoms with Crippen LogP contribution in [-0.4, -0.2) is 52.6 Å². The number of hydrogen-bond acceptors (Lipinski definition) is 4. The number of rotatable bonds is 3. The molecule has 1 N–H and O–H groups in total. The van der Waals surface area contributed by atoms with Gasteiger partial charge in [-0.15, -0.1) is 0 Å². The van der Waals surface area contributed by atoms with E-state index < -0.39 is 0 Å². The first kappa shape index (κ1) is 16.8. The average Bonchev–Trinajstić information content (AvgIpc) is 3.12. The number of para-hydroxylation sites is 1. The summed E-state index contributed by atoms with van der Waals surface area (Å²) in [4.78, 5) is 31.4. The van der Waals surface area contributed by atoms with Crippen LogP contribution in [0.3, 0.4) is 0 Å². The topological polar surface area (TPSA) is 76.5 Å². The van der Waals surface area contributed by atoms with Gasteiger partial charge in [-0.2, -0.15) is 0 Å². The fraction of sp³-hybridized carbons (Fsp3) is 0.421. The van der Waals surface area contributed by atoms with Crippen molar-refractivity contribution in [2.24, 2.45) is 5.92 Å². The van der Waals surface area contributed by atoms with Crippen LogP contribution in [0.2, 0.25) is 0 Å². The number of anilines is 1. The lowest BCUT2D eigenvalue weighted by Crippen LogP contribution is -2.45. The van der Waals surface area contributed by atoms with E-state index in [1.807, 2.05) is 39.8 Å². The molecule has 136 valence electrons. The molecule has 1 atom stereocenters. The SMILES string of the molecule is O=C(Nc1ccccc1)c1ncn2c1CCC(C(=O)N1CCOCC1)C2. The molecule has 3 heterocycles. The second-order valence-electron chi connectivity index (χ2n) is 6.69. The number of carbonyl (C=O) groups excluding carboxylic acids is 2. The summed E-state index contributed by atoms with van der Waals surface area (Å²) in [5.41, 5.74) is 2.10. The van der Waals surface area contributed by atoms with E-state index in [1.54, 1.807) is 6.33 Å². The van der Waals surface area contributed by atoms with Crippen LogP contribution in [0.1, 0.15) is 22.6 Å². The quantitative estimate of drug-likeness (QED) is 0.907. The van der Waals surface area contributed by atoms with Crippen molar-refractivity contribution >= 4 is 17.5 Å². The van der Waals surface area contributed by atoms with Crippen LogP contribution in [0.5, 0.6) is 0 Å². The van der Waals surface area contributed by atoms with Crippen molar-refractivity contribution in [3.05, 3.63) is 48.0 Å². The van der Waals surface area contributed by atoms with E-state index in [1.165, 1.54) is 0 Å². The van der Waals surface area contributed by atoms with Gasteiger partial charge in [0.05, 0.1) is 31.2 Å². The van der Waals surface area contributed by atoms with Gasteiger partial charge in [-0.3, -0.25) is 9.59 Å². The van der Waals surface area contributed by atoms with Gasteiger partial charge in [0.1, 0.15) is 5.69 Å². The maximum atomic E-state index is 12.7. The molecule has 7 nitrogen and oxygen atoms in total. The van der Waals surface area contributed by atoms with Gasteiger partial charge in [0.25, 0.3) is 5.91 Å². The van der Waals surface area contributed by atoms with Crippen LogP contribution in [0.4, 0.5) is 5.69 Å². The second-order valence-corrected chi connectivity index (χ2v) is 6.69. The third kappa shape index (κ3) is 3.35. The number of nitrogens with one attached hydrogen (secondary N) is 1. The first-order valence-corrected chi connectivity index (χ1v) is 8.99. The fourth-order valence-electron chi connectivity index (χ4n) is 3.61. The van der Waals surface area contributed by atoms with Crippen molar-refractivity contribution in [1.82, 2.24) is 14.5 Å². The zero-order valence-electron chi connectivity index (χ0n) is 14.6. The highest BCUT2D eigenvalue weighted by Crippen LogP contribution is 2.25. The maximum Gasteiger partial charge on any atom is 0.276 e. The average molecular weight is 354 g/mol. The molecule has 0 saturated carbocycles. The lowest BCUT2D eigenvalue weighted by atomic mass is 9.95. The standard InChI is InChI=1S/C19H22N4O3/c24-18(21-15-4-2-1-3-5-15)17-16-7-6-14(12-23(16)13-20-17)19(25)22-8-10-26-11-9-22/h1-5,13-14H,6-12H2,(H,21,24). The predicted molar refractivity (Wildman–Crippen MR) is 95.8 cm³/mol. The minimum absolute atomic E-state index is 0.0557. The summed E-state index contributed by atoms with van der Waals surface area (Å²) >= 11 is 0. The zero-order chi connectivity index (χ0) is 17.9. The Labute approximate surface area is 152 Å². The molecule has 1 fully saturated rings. The molecule has 26 heavy (non-hydrogen) atoms. The van der Waals surface area contributed by atoms with Crippen molar-refractivity contribution in [2.75, 3.05) is 31.6 Å². The number of imidazole rings is 1. The van der Waals surface area contributed by atoms with Crippen molar-refractivity contribution in [1.29, 1.82) is 0 Å². The number of carbonyl (C=O) groups is 2.